The van der Waals surface area contributed by atoms with E-state index in [1.807, 2.05) is 25.1 Å². The number of carbonyl (C=O) groups is 1. The number of carbonyl (C=O) groups excluding carboxylic acids is 1. The fraction of sp³-hybridized carbons (Fsp3) is 0.286. The Morgan fingerprint density at radius 2 is 2.06 bits per heavy atom. The molecule has 1 atom stereocenters. The Kier molecular flexibility index (Phi) is 6.10. The van der Waals surface area contributed by atoms with Crippen molar-refractivity contribution in [1.29, 1.82) is 0 Å². The van der Waals surface area contributed by atoms with Crippen molar-refractivity contribution in [3.63, 3.8) is 0 Å². The first kappa shape index (κ1) is 23.2. The van der Waals surface area contributed by atoms with Gasteiger partial charge in [0, 0.05) is 12.6 Å². The molecule has 1 unspecified atom stereocenters. The van der Waals surface area contributed by atoms with Crippen molar-refractivity contribution in [1.82, 2.24) is 19.1 Å². The number of hydrogen-bond donors (Lipinski definition) is 1. The van der Waals surface area contributed by atoms with Gasteiger partial charge in [-0.25, -0.2) is 13.4 Å². The number of halogens is 1. The fourth-order valence-corrected chi connectivity index (χ4v) is 8.12. The Morgan fingerprint density at radius 3 is 2.79 bits per heavy atom. The topological polar surface area (TPSA) is 106 Å². The van der Waals surface area contributed by atoms with Gasteiger partial charge in [0.15, 0.2) is 0 Å². The summed E-state index contributed by atoms with van der Waals surface area (Å²) in [5, 5.41) is 7.94. The molecule has 1 N–H and O–H groups in total. The number of hydrogen-bond acceptors (Lipinski definition) is 8. The van der Waals surface area contributed by atoms with E-state index in [2.05, 4.69) is 15.4 Å². The summed E-state index contributed by atoms with van der Waals surface area (Å²) in [5.41, 5.74) is 1.48. The average molecular weight is 538 g/mol. The number of nitrogens with zero attached hydrogens (tertiary/aromatic N) is 4. The van der Waals surface area contributed by atoms with Gasteiger partial charge in [-0.3, -0.25) is 4.79 Å². The van der Waals surface area contributed by atoms with E-state index in [9.17, 15) is 13.2 Å². The highest BCUT2D eigenvalue weighted by atomic mass is 35.5. The fourth-order valence-electron chi connectivity index (χ4n) is 3.90. The number of thiazole rings is 1. The lowest BCUT2D eigenvalue weighted by Crippen LogP contribution is -2.43. The van der Waals surface area contributed by atoms with Crippen LogP contribution in [0.4, 0.5) is 5.82 Å². The molecule has 0 aliphatic carbocycles. The Balaban J connectivity index is 1.42. The molecule has 1 amide bonds. The van der Waals surface area contributed by atoms with E-state index < -0.39 is 22.0 Å². The maximum Gasteiger partial charge on any atom is 0.253 e. The first-order chi connectivity index (χ1) is 16.3. The average Bonchev–Trinajstić information content (AvgIpc) is 3.58. The minimum absolute atomic E-state index is 0.128. The second-order valence-corrected chi connectivity index (χ2v) is 12.6. The molecule has 1 aliphatic heterocycles. The predicted molar refractivity (Wildman–Crippen MR) is 133 cm³/mol. The van der Waals surface area contributed by atoms with Crippen LogP contribution < -0.4 is 10.1 Å². The molecule has 1 saturated heterocycles. The lowest BCUT2D eigenvalue weighted by molar-refractivity contribution is -0.119. The Morgan fingerprint density at radius 1 is 1.24 bits per heavy atom. The van der Waals surface area contributed by atoms with E-state index in [1.165, 1.54) is 21.7 Å². The summed E-state index contributed by atoms with van der Waals surface area (Å²) in [7, 11) is -2.22. The predicted octanol–water partition coefficient (Wildman–Crippen LogP) is 4.31. The molecule has 0 radical (unpaired) electrons. The van der Waals surface area contributed by atoms with Crippen molar-refractivity contribution in [3.05, 3.63) is 46.4 Å². The van der Waals surface area contributed by atoms with Gasteiger partial charge in [0.1, 0.15) is 21.8 Å². The highest BCUT2D eigenvalue weighted by molar-refractivity contribution is 7.91. The number of sulfonamides is 1. The van der Waals surface area contributed by atoms with Gasteiger partial charge in [-0.05, 0) is 50.1 Å². The second kappa shape index (κ2) is 8.93. The quantitative estimate of drug-likeness (QED) is 0.393. The lowest BCUT2D eigenvalue weighted by Gasteiger charge is -2.22. The van der Waals surface area contributed by atoms with Crippen LogP contribution >= 0.6 is 34.3 Å². The summed E-state index contributed by atoms with van der Waals surface area (Å²) in [6, 6.07) is 9.50. The van der Waals surface area contributed by atoms with Crippen LogP contribution in [0.1, 0.15) is 18.5 Å². The van der Waals surface area contributed by atoms with Crippen LogP contribution in [0.2, 0.25) is 4.34 Å². The number of methoxy groups -OCH3 is 1. The molecule has 1 aliphatic rings. The minimum atomic E-state index is -3.82. The van der Waals surface area contributed by atoms with Crippen molar-refractivity contribution in [3.8, 4) is 10.9 Å². The molecule has 3 aromatic heterocycles. The number of amides is 1. The van der Waals surface area contributed by atoms with Gasteiger partial charge >= 0.3 is 0 Å². The molecule has 4 aromatic rings. The van der Waals surface area contributed by atoms with Crippen LogP contribution in [0.5, 0.6) is 5.75 Å². The van der Waals surface area contributed by atoms with Crippen LogP contribution in [0.25, 0.3) is 15.3 Å². The van der Waals surface area contributed by atoms with Crippen LogP contribution in [0, 0.1) is 6.92 Å². The minimum Gasteiger partial charge on any atom is -0.497 e. The molecule has 4 heterocycles. The maximum atomic E-state index is 13.2. The van der Waals surface area contributed by atoms with Crippen LogP contribution in [-0.2, 0) is 14.8 Å². The molecule has 178 valence electrons. The summed E-state index contributed by atoms with van der Waals surface area (Å²) in [6.45, 7) is 2.09. The number of ether oxygens (including phenoxy) is 1. The number of rotatable bonds is 6. The number of aromatic nitrogens is 3. The Hall–Kier alpha value is -2.51. The summed E-state index contributed by atoms with van der Waals surface area (Å²) in [5.74, 6) is 0.743. The zero-order chi connectivity index (χ0) is 24.0. The molecule has 1 fully saturated rings. The lowest BCUT2D eigenvalue weighted by atomic mass is 10.2. The SMILES string of the molecule is COc1ccc2nc(-n3nc(C)cc3NC(=O)C3CCCN3S(=O)(=O)c3ccc(Cl)s3)sc2c1. The highest BCUT2D eigenvalue weighted by Crippen LogP contribution is 2.33. The van der Waals surface area contributed by atoms with Crippen molar-refractivity contribution in [2.75, 3.05) is 19.0 Å². The molecule has 9 nitrogen and oxygen atoms in total. The molecule has 34 heavy (non-hydrogen) atoms. The monoisotopic (exact) mass is 537 g/mol. The molecular weight excluding hydrogens is 518 g/mol. The van der Waals surface area contributed by atoms with E-state index >= 15 is 0 Å². The molecule has 13 heteroatoms. The van der Waals surface area contributed by atoms with Gasteiger partial charge in [0.25, 0.3) is 10.0 Å². The van der Waals surface area contributed by atoms with E-state index in [0.29, 0.717) is 33.8 Å². The molecule has 0 saturated carbocycles. The molecule has 1 aromatic carbocycles. The number of nitrogens with one attached hydrogen (secondary N) is 1. The van der Waals surface area contributed by atoms with Crippen molar-refractivity contribution < 1.29 is 17.9 Å². The Bertz CT molecular complexity index is 1490. The smallest absolute Gasteiger partial charge is 0.253 e. The summed E-state index contributed by atoms with van der Waals surface area (Å²) < 4.78 is 35.8. The number of anilines is 1. The standard InChI is InChI=1S/C21H20ClN5O4S3/c1-12-10-18(27(25-12)21-23-14-6-5-13(31-2)11-16(14)32-21)24-20(28)15-4-3-9-26(15)34(29,30)19-8-7-17(22)33-19/h5-8,10-11,15H,3-4,9H2,1-2H3,(H,24,28). The molecular formula is C21H20ClN5O4S3. The number of aryl methyl sites for hydroxylation is 1. The third-order valence-corrected chi connectivity index (χ3v) is 10.1. The zero-order valence-corrected chi connectivity index (χ0v) is 21.4. The zero-order valence-electron chi connectivity index (χ0n) is 18.2. The number of thiophene rings is 1. The van der Waals surface area contributed by atoms with Crippen LogP contribution in [-0.4, -0.2) is 53.1 Å². The van der Waals surface area contributed by atoms with E-state index in [0.717, 1.165) is 27.3 Å². The molecule has 5 rings (SSSR count). The molecule has 0 spiro atoms. The largest absolute Gasteiger partial charge is 0.497 e. The number of fused-ring (bicyclic) bond motifs is 1. The third kappa shape index (κ3) is 4.20. The Labute approximate surface area is 209 Å². The van der Waals surface area contributed by atoms with Gasteiger partial charge < -0.3 is 10.1 Å². The third-order valence-electron chi connectivity index (χ3n) is 5.47. The number of benzene rings is 1. The first-order valence-electron chi connectivity index (χ1n) is 10.4. The van der Waals surface area contributed by atoms with Gasteiger partial charge in [0.05, 0.1) is 27.4 Å². The second-order valence-electron chi connectivity index (χ2n) is 7.73. The van der Waals surface area contributed by atoms with Crippen LogP contribution in [0.3, 0.4) is 0 Å². The van der Waals surface area contributed by atoms with Crippen molar-refractivity contribution >= 4 is 66.2 Å². The van der Waals surface area contributed by atoms with Gasteiger partial charge in [-0.2, -0.15) is 14.1 Å². The van der Waals surface area contributed by atoms with E-state index in [-0.39, 0.29) is 10.8 Å². The van der Waals surface area contributed by atoms with E-state index in [1.54, 1.807) is 23.9 Å². The molecule has 0 bridgehead atoms. The van der Waals surface area contributed by atoms with Crippen molar-refractivity contribution in [2.45, 2.75) is 30.0 Å². The van der Waals surface area contributed by atoms with Crippen LogP contribution in [0.15, 0.2) is 40.6 Å². The van der Waals surface area contributed by atoms with Gasteiger partial charge in [0.2, 0.25) is 11.0 Å². The summed E-state index contributed by atoms with van der Waals surface area (Å²) in [6.07, 6.45) is 1.02. The van der Waals surface area contributed by atoms with Gasteiger partial charge in [-0.1, -0.05) is 22.9 Å². The maximum absolute atomic E-state index is 13.2. The first-order valence-corrected chi connectivity index (χ1v) is 13.8. The summed E-state index contributed by atoms with van der Waals surface area (Å²) in [4.78, 5) is 17.9. The van der Waals surface area contributed by atoms with Crippen molar-refractivity contribution in [2.24, 2.45) is 0 Å². The summed E-state index contributed by atoms with van der Waals surface area (Å²) >= 11 is 8.33. The van der Waals surface area contributed by atoms with E-state index in [4.69, 9.17) is 16.3 Å². The van der Waals surface area contributed by atoms with Gasteiger partial charge in [-0.15, -0.1) is 11.3 Å². The highest BCUT2D eigenvalue weighted by Gasteiger charge is 2.40. The normalized spacial score (nSPS) is 16.9.